The van der Waals surface area contributed by atoms with Crippen molar-refractivity contribution < 1.29 is 17.9 Å². The van der Waals surface area contributed by atoms with Crippen LogP contribution < -0.4 is 0 Å². The number of Topliss-reactive ketones (excluding diaryl/α,β-unsaturated/α-hetero) is 1. The predicted octanol–water partition coefficient (Wildman–Crippen LogP) is 3.61. The maximum atomic E-state index is 12.3. The molecule has 0 amide bonds. The van der Waals surface area contributed by atoms with Crippen LogP contribution in [-0.4, -0.2) is 32.7 Å². The van der Waals surface area contributed by atoms with Crippen molar-refractivity contribution in [1.29, 1.82) is 0 Å². The smallest absolute Gasteiger partial charge is 0.178 e. The summed E-state index contributed by atoms with van der Waals surface area (Å²) >= 11 is 0. The number of methoxy groups -OCH3 is 1. The first-order valence-corrected chi connectivity index (χ1v) is 10.8. The number of carbonyl (C=O) groups is 1. The lowest BCUT2D eigenvalue weighted by molar-refractivity contribution is -0.117. The molecule has 0 bridgehead atoms. The van der Waals surface area contributed by atoms with Gasteiger partial charge in [-0.15, -0.1) is 0 Å². The van der Waals surface area contributed by atoms with Gasteiger partial charge in [-0.2, -0.15) is 0 Å². The zero-order valence-corrected chi connectivity index (χ0v) is 17.6. The van der Waals surface area contributed by atoms with Gasteiger partial charge < -0.3 is 4.74 Å². The highest BCUT2D eigenvalue weighted by atomic mass is 32.2. The summed E-state index contributed by atoms with van der Waals surface area (Å²) in [5, 5.41) is 0. The van der Waals surface area contributed by atoms with Gasteiger partial charge in [-0.05, 0) is 49.2 Å². The lowest BCUT2D eigenvalue weighted by atomic mass is 10.0. The Bertz CT molecular complexity index is 974. The van der Waals surface area contributed by atoms with Crippen LogP contribution in [0, 0.1) is 11.8 Å². The molecule has 148 valence electrons. The minimum atomic E-state index is -3.22. The molecule has 28 heavy (non-hydrogen) atoms. The van der Waals surface area contributed by atoms with Gasteiger partial charge in [-0.25, -0.2) is 8.42 Å². The first kappa shape index (κ1) is 21.9. The Labute approximate surface area is 167 Å². The molecule has 0 atom stereocenters. The molecule has 2 rings (SSSR count). The van der Waals surface area contributed by atoms with E-state index in [4.69, 9.17) is 4.74 Å². The first-order chi connectivity index (χ1) is 13.1. The standard InChI is InChI=1S/C23H26O4S/c1-5-28(25,26)22-12-10-20(11-13-22)17-21(24)16-19-8-6-18(7-9-19)14-15-23(2,3)27-4/h6-13H,5,16-17H2,1-4H3. The highest BCUT2D eigenvalue weighted by molar-refractivity contribution is 7.91. The highest BCUT2D eigenvalue weighted by Crippen LogP contribution is 2.14. The number of ketones is 1. The maximum absolute atomic E-state index is 12.3. The molecule has 0 aliphatic carbocycles. The number of rotatable bonds is 7. The van der Waals surface area contributed by atoms with Crippen molar-refractivity contribution in [3.05, 3.63) is 65.2 Å². The normalized spacial score (nSPS) is 11.6. The van der Waals surface area contributed by atoms with Crippen LogP contribution in [0.15, 0.2) is 53.4 Å². The maximum Gasteiger partial charge on any atom is 0.178 e. The third-order valence-electron chi connectivity index (χ3n) is 4.44. The van der Waals surface area contributed by atoms with Crippen LogP contribution in [-0.2, 0) is 32.2 Å². The fourth-order valence-electron chi connectivity index (χ4n) is 2.48. The highest BCUT2D eigenvalue weighted by Gasteiger charge is 2.12. The Hall–Kier alpha value is -2.42. The van der Waals surface area contributed by atoms with Crippen molar-refractivity contribution in [2.45, 2.75) is 44.1 Å². The van der Waals surface area contributed by atoms with Gasteiger partial charge in [0.05, 0.1) is 10.6 Å². The summed E-state index contributed by atoms with van der Waals surface area (Å²) in [5.41, 5.74) is 2.10. The topological polar surface area (TPSA) is 60.4 Å². The molecule has 0 saturated heterocycles. The van der Waals surface area contributed by atoms with Crippen LogP contribution in [0.1, 0.15) is 37.5 Å². The summed E-state index contributed by atoms with van der Waals surface area (Å²) in [6.07, 6.45) is 0.600. The van der Waals surface area contributed by atoms with E-state index in [1.54, 1.807) is 38.3 Å². The zero-order valence-electron chi connectivity index (χ0n) is 16.8. The zero-order chi connectivity index (χ0) is 20.8. The van der Waals surface area contributed by atoms with Gasteiger partial charge >= 0.3 is 0 Å². The Balaban J connectivity index is 1.98. The van der Waals surface area contributed by atoms with Gasteiger partial charge in [0.1, 0.15) is 11.4 Å². The summed E-state index contributed by atoms with van der Waals surface area (Å²) < 4.78 is 28.9. The number of hydrogen-bond donors (Lipinski definition) is 0. The molecular weight excluding hydrogens is 372 g/mol. The lowest BCUT2D eigenvalue weighted by Gasteiger charge is -2.14. The molecule has 0 spiro atoms. The molecule has 0 saturated carbocycles. The molecule has 0 aromatic heterocycles. The second-order valence-corrected chi connectivity index (χ2v) is 9.38. The Morgan fingerprint density at radius 1 is 0.964 bits per heavy atom. The quantitative estimate of drug-likeness (QED) is 0.669. The SMILES string of the molecule is CCS(=O)(=O)c1ccc(CC(=O)Cc2ccc(C#CC(C)(C)OC)cc2)cc1. The molecule has 0 aliphatic rings. The van der Waals surface area contributed by atoms with E-state index >= 15 is 0 Å². The monoisotopic (exact) mass is 398 g/mol. The predicted molar refractivity (Wildman–Crippen MR) is 111 cm³/mol. The van der Waals surface area contributed by atoms with E-state index in [9.17, 15) is 13.2 Å². The van der Waals surface area contributed by atoms with E-state index in [0.717, 1.165) is 16.7 Å². The van der Waals surface area contributed by atoms with Gasteiger partial charge in [0.25, 0.3) is 0 Å². The molecule has 0 N–H and O–H groups in total. The van der Waals surface area contributed by atoms with Gasteiger partial charge in [0.2, 0.25) is 0 Å². The van der Waals surface area contributed by atoms with Crippen molar-refractivity contribution in [1.82, 2.24) is 0 Å². The Kier molecular flexibility index (Phi) is 7.17. The molecule has 5 heteroatoms. The van der Waals surface area contributed by atoms with Gasteiger partial charge in [-0.3, -0.25) is 4.79 Å². The summed E-state index contributed by atoms with van der Waals surface area (Å²) in [6.45, 7) is 5.41. The third kappa shape index (κ3) is 6.33. The summed E-state index contributed by atoms with van der Waals surface area (Å²) in [6, 6.07) is 14.1. The van der Waals surface area contributed by atoms with E-state index in [1.807, 2.05) is 38.1 Å². The van der Waals surface area contributed by atoms with Gasteiger partial charge in [0.15, 0.2) is 9.84 Å². The average molecular weight is 399 g/mol. The molecule has 2 aromatic rings. The summed E-state index contributed by atoms with van der Waals surface area (Å²) in [4.78, 5) is 12.6. The van der Waals surface area contributed by atoms with Crippen molar-refractivity contribution in [3.63, 3.8) is 0 Å². The fraction of sp³-hybridized carbons (Fsp3) is 0.348. The molecular formula is C23H26O4S. The molecule has 0 radical (unpaired) electrons. The summed E-state index contributed by atoms with van der Waals surface area (Å²) in [7, 11) is -1.59. The Morgan fingerprint density at radius 2 is 1.46 bits per heavy atom. The van der Waals surface area contributed by atoms with E-state index < -0.39 is 15.4 Å². The van der Waals surface area contributed by atoms with Crippen molar-refractivity contribution >= 4 is 15.6 Å². The Morgan fingerprint density at radius 3 is 1.93 bits per heavy atom. The molecule has 0 heterocycles. The van der Waals surface area contributed by atoms with Crippen molar-refractivity contribution in [2.75, 3.05) is 12.9 Å². The molecule has 4 nitrogen and oxygen atoms in total. The number of carbonyl (C=O) groups excluding carboxylic acids is 1. The average Bonchev–Trinajstić information content (AvgIpc) is 2.68. The van der Waals surface area contributed by atoms with Crippen molar-refractivity contribution in [3.8, 4) is 11.8 Å². The van der Waals surface area contributed by atoms with Crippen LogP contribution in [0.5, 0.6) is 0 Å². The number of sulfone groups is 1. The van der Waals surface area contributed by atoms with Crippen LogP contribution in [0.2, 0.25) is 0 Å². The van der Waals surface area contributed by atoms with E-state index in [0.29, 0.717) is 11.3 Å². The fourth-order valence-corrected chi connectivity index (χ4v) is 3.36. The first-order valence-electron chi connectivity index (χ1n) is 9.16. The van der Waals surface area contributed by atoms with Crippen LogP contribution >= 0.6 is 0 Å². The number of hydrogen-bond acceptors (Lipinski definition) is 4. The van der Waals surface area contributed by atoms with Crippen molar-refractivity contribution in [2.24, 2.45) is 0 Å². The van der Waals surface area contributed by atoms with E-state index in [-0.39, 0.29) is 18.0 Å². The largest absolute Gasteiger partial charge is 0.366 e. The van der Waals surface area contributed by atoms with E-state index in [1.165, 1.54) is 0 Å². The van der Waals surface area contributed by atoms with Gasteiger partial charge in [0, 0.05) is 25.5 Å². The van der Waals surface area contributed by atoms with E-state index in [2.05, 4.69) is 11.8 Å². The molecule has 2 aromatic carbocycles. The minimum absolute atomic E-state index is 0.0641. The number of ether oxygens (including phenoxy) is 1. The molecule has 0 fully saturated rings. The second kappa shape index (κ2) is 9.18. The second-order valence-electron chi connectivity index (χ2n) is 7.10. The molecule has 0 aliphatic heterocycles. The lowest BCUT2D eigenvalue weighted by Crippen LogP contribution is -2.19. The summed E-state index contributed by atoms with van der Waals surface area (Å²) in [5.74, 6) is 6.26. The van der Waals surface area contributed by atoms with Crippen LogP contribution in [0.4, 0.5) is 0 Å². The van der Waals surface area contributed by atoms with Crippen LogP contribution in [0.3, 0.4) is 0 Å². The minimum Gasteiger partial charge on any atom is -0.366 e. The number of benzene rings is 2. The van der Waals surface area contributed by atoms with Gasteiger partial charge in [-0.1, -0.05) is 43.0 Å². The molecule has 0 unspecified atom stereocenters. The third-order valence-corrected chi connectivity index (χ3v) is 6.19. The van der Waals surface area contributed by atoms with Crippen LogP contribution in [0.25, 0.3) is 0 Å².